The van der Waals surface area contributed by atoms with E-state index in [0.29, 0.717) is 18.7 Å². The van der Waals surface area contributed by atoms with E-state index in [-0.39, 0.29) is 0 Å². The molecule has 2 N–H and O–H groups in total. The van der Waals surface area contributed by atoms with Gasteiger partial charge in [0, 0.05) is 16.6 Å². The summed E-state index contributed by atoms with van der Waals surface area (Å²) in [6, 6.07) is 3.88. The maximum absolute atomic E-state index is 11.2. The molecule has 0 amide bonds. The van der Waals surface area contributed by atoms with Crippen molar-refractivity contribution in [1.29, 1.82) is 0 Å². The number of carboxylic acid groups (broad SMARTS) is 1. The van der Waals surface area contributed by atoms with E-state index in [0.717, 1.165) is 22.0 Å². The lowest BCUT2D eigenvalue weighted by Gasteiger charge is -2.19. The average molecular weight is 330 g/mol. The van der Waals surface area contributed by atoms with Gasteiger partial charge in [-0.3, -0.25) is 0 Å². The molecule has 0 aliphatic carbocycles. The zero-order valence-corrected chi connectivity index (χ0v) is 13.1. The Morgan fingerprint density at radius 3 is 2.74 bits per heavy atom. The van der Waals surface area contributed by atoms with Crippen LogP contribution >= 0.6 is 15.9 Å². The van der Waals surface area contributed by atoms with Crippen LogP contribution in [-0.2, 0) is 11.3 Å². The lowest BCUT2D eigenvalue weighted by molar-refractivity contribution is -0.145. The van der Waals surface area contributed by atoms with E-state index in [1.54, 1.807) is 0 Å². The third-order valence-corrected chi connectivity index (χ3v) is 3.23. The highest BCUT2D eigenvalue weighted by Gasteiger charge is 2.21. The van der Waals surface area contributed by atoms with Crippen molar-refractivity contribution >= 4 is 21.9 Å². The monoisotopic (exact) mass is 329 g/mol. The zero-order valence-electron chi connectivity index (χ0n) is 11.5. The average Bonchev–Trinajstić information content (AvgIpc) is 2.32. The highest BCUT2D eigenvalue weighted by molar-refractivity contribution is 9.10. The molecule has 0 radical (unpaired) electrons. The van der Waals surface area contributed by atoms with E-state index >= 15 is 0 Å². The van der Waals surface area contributed by atoms with Crippen LogP contribution in [-0.4, -0.2) is 24.2 Å². The quantitative estimate of drug-likeness (QED) is 0.807. The normalized spacial score (nSPS) is 12.2. The number of rotatable bonds is 7. The van der Waals surface area contributed by atoms with Crippen LogP contribution in [0.15, 0.2) is 16.6 Å². The first-order valence-electron chi connectivity index (χ1n) is 6.32. The van der Waals surface area contributed by atoms with Crippen molar-refractivity contribution in [3.63, 3.8) is 0 Å². The molecule has 0 heterocycles. The van der Waals surface area contributed by atoms with Gasteiger partial charge in [-0.1, -0.05) is 29.3 Å². The molecule has 0 bridgehead atoms. The van der Waals surface area contributed by atoms with E-state index in [9.17, 15) is 9.90 Å². The summed E-state index contributed by atoms with van der Waals surface area (Å²) >= 11 is 3.44. The van der Waals surface area contributed by atoms with Gasteiger partial charge < -0.3 is 15.2 Å². The summed E-state index contributed by atoms with van der Waals surface area (Å²) in [4.78, 5) is 11.2. The fraction of sp³-hybridized carbons (Fsp3) is 0.500. The smallest absolute Gasteiger partial charge is 0.344 e. The first-order valence-corrected chi connectivity index (χ1v) is 7.12. The fourth-order valence-electron chi connectivity index (χ4n) is 1.93. The second-order valence-corrected chi connectivity index (χ2v) is 5.39. The van der Waals surface area contributed by atoms with E-state index in [1.165, 1.54) is 0 Å². The van der Waals surface area contributed by atoms with Crippen molar-refractivity contribution in [3.05, 3.63) is 27.7 Å². The molecule has 1 aromatic carbocycles. The van der Waals surface area contributed by atoms with Crippen molar-refractivity contribution in [2.45, 2.75) is 39.3 Å². The predicted octanol–water partition coefficient (Wildman–Crippen LogP) is 3.11. The minimum absolute atomic E-state index is 0.504. The SMILES string of the molecule is CCCC(Oc1c(C)cc(Br)cc1CNC)C(=O)O. The fourth-order valence-corrected chi connectivity index (χ4v) is 2.55. The number of benzene rings is 1. The molecule has 0 saturated heterocycles. The van der Waals surface area contributed by atoms with Crippen LogP contribution in [0.1, 0.15) is 30.9 Å². The molecule has 0 spiro atoms. The predicted molar refractivity (Wildman–Crippen MR) is 78.6 cm³/mol. The second-order valence-electron chi connectivity index (χ2n) is 4.47. The molecule has 0 saturated carbocycles. The lowest BCUT2D eigenvalue weighted by atomic mass is 10.1. The Morgan fingerprint density at radius 1 is 1.53 bits per heavy atom. The van der Waals surface area contributed by atoms with Crippen LogP contribution in [0.4, 0.5) is 0 Å². The highest BCUT2D eigenvalue weighted by atomic mass is 79.9. The topological polar surface area (TPSA) is 58.6 Å². The molecule has 4 nitrogen and oxygen atoms in total. The number of aryl methyl sites for hydroxylation is 1. The van der Waals surface area contributed by atoms with Gasteiger partial charge in [0.15, 0.2) is 6.10 Å². The molecule has 1 unspecified atom stereocenters. The van der Waals surface area contributed by atoms with Gasteiger partial charge in [-0.2, -0.15) is 0 Å². The molecular weight excluding hydrogens is 310 g/mol. The number of carbonyl (C=O) groups is 1. The number of hydrogen-bond acceptors (Lipinski definition) is 3. The molecule has 106 valence electrons. The Morgan fingerprint density at radius 2 is 2.21 bits per heavy atom. The molecule has 1 atom stereocenters. The Labute approximate surface area is 122 Å². The van der Waals surface area contributed by atoms with Crippen molar-refractivity contribution in [2.24, 2.45) is 0 Å². The first kappa shape index (κ1) is 16.0. The van der Waals surface area contributed by atoms with Crippen molar-refractivity contribution in [3.8, 4) is 5.75 Å². The van der Waals surface area contributed by atoms with E-state index < -0.39 is 12.1 Å². The minimum atomic E-state index is -0.917. The summed E-state index contributed by atoms with van der Waals surface area (Å²) in [5.41, 5.74) is 1.89. The highest BCUT2D eigenvalue weighted by Crippen LogP contribution is 2.29. The second kappa shape index (κ2) is 7.50. The Kier molecular flexibility index (Phi) is 6.31. The number of carboxylic acids is 1. The van der Waals surface area contributed by atoms with Crippen molar-refractivity contribution in [1.82, 2.24) is 5.32 Å². The van der Waals surface area contributed by atoms with Gasteiger partial charge in [0.05, 0.1) is 0 Å². The van der Waals surface area contributed by atoms with Gasteiger partial charge in [-0.05, 0) is 38.1 Å². The summed E-state index contributed by atoms with van der Waals surface area (Å²) in [7, 11) is 1.85. The molecule has 5 heteroatoms. The molecular formula is C14H20BrNO3. The van der Waals surface area contributed by atoms with Crippen molar-refractivity contribution in [2.75, 3.05) is 7.05 Å². The maximum Gasteiger partial charge on any atom is 0.344 e. The summed E-state index contributed by atoms with van der Waals surface area (Å²) in [6.45, 7) is 4.50. The molecule has 0 aromatic heterocycles. The molecule has 1 aromatic rings. The van der Waals surface area contributed by atoms with Gasteiger partial charge in [-0.25, -0.2) is 4.79 Å². The van der Waals surface area contributed by atoms with Gasteiger partial charge >= 0.3 is 5.97 Å². The Hall–Kier alpha value is -1.07. The Bertz CT molecular complexity index is 449. The largest absolute Gasteiger partial charge is 0.479 e. The molecule has 0 fully saturated rings. The van der Waals surface area contributed by atoms with E-state index in [1.807, 2.05) is 33.0 Å². The van der Waals surface area contributed by atoms with Crippen molar-refractivity contribution < 1.29 is 14.6 Å². The van der Waals surface area contributed by atoms with E-state index in [4.69, 9.17) is 4.74 Å². The van der Waals surface area contributed by atoms with Crippen LogP contribution in [0.5, 0.6) is 5.75 Å². The number of halogens is 1. The van der Waals surface area contributed by atoms with Gasteiger partial charge in [0.1, 0.15) is 5.75 Å². The van der Waals surface area contributed by atoms with Gasteiger partial charge in [0.25, 0.3) is 0 Å². The summed E-state index contributed by atoms with van der Waals surface area (Å²) in [6.07, 6.45) is 0.484. The molecule has 0 aliphatic rings. The van der Waals surface area contributed by atoms with E-state index in [2.05, 4.69) is 21.2 Å². The van der Waals surface area contributed by atoms with Gasteiger partial charge in [0.2, 0.25) is 0 Å². The molecule has 1 rings (SSSR count). The number of aliphatic carboxylic acids is 1. The van der Waals surface area contributed by atoms with Gasteiger partial charge in [-0.15, -0.1) is 0 Å². The first-order chi connectivity index (χ1) is 8.99. The third kappa shape index (κ3) is 4.51. The number of hydrogen-bond donors (Lipinski definition) is 2. The minimum Gasteiger partial charge on any atom is -0.479 e. The van der Waals surface area contributed by atoms with Crippen LogP contribution in [0.2, 0.25) is 0 Å². The summed E-state index contributed by atoms with van der Waals surface area (Å²) in [5, 5.41) is 12.2. The van der Waals surface area contributed by atoms with Crippen LogP contribution in [0.3, 0.4) is 0 Å². The summed E-state index contributed by atoms with van der Waals surface area (Å²) < 4.78 is 6.69. The number of nitrogens with one attached hydrogen (secondary N) is 1. The van der Waals surface area contributed by atoms with Crippen LogP contribution in [0.25, 0.3) is 0 Å². The number of ether oxygens (including phenoxy) is 1. The third-order valence-electron chi connectivity index (χ3n) is 2.77. The van der Waals surface area contributed by atoms with Crippen LogP contribution < -0.4 is 10.1 Å². The molecule has 0 aliphatic heterocycles. The zero-order chi connectivity index (χ0) is 14.4. The Balaban J connectivity index is 3.06. The van der Waals surface area contributed by atoms with Crippen LogP contribution in [0, 0.1) is 6.92 Å². The lowest BCUT2D eigenvalue weighted by Crippen LogP contribution is -2.27. The summed E-state index contributed by atoms with van der Waals surface area (Å²) in [5.74, 6) is -0.252. The standard InChI is InChI=1S/C14H20BrNO3/c1-4-5-12(14(17)18)19-13-9(2)6-11(15)7-10(13)8-16-3/h6-7,12,16H,4-5,8H2,1-3H3,(H,17,18). The maximum atomic E-state index is 11.2. The molecule has 19 heavy (non-hydrogen) atoms.